The van der Waals surface area contributed by atoms with E-state index in [9.17, 15) is 0 Å². The van der Waals surface area contributed by atoms with Crippen molar-refractivity contribution in [1.29, 1.82) is 0 Å². The van der Waals surface area contributed by atoms with Gasteiger partial charge in [0.15, 0.2) is 0 Å². The van der Waals surface area contributed by atoms with Crippen LogP contribution in [-0.4, -0.2) is 0 Å². The maximum absolute atomic E-state index is 2.63. The van der Waals surface area contributed by atoms with Crippen molar-refractivity contribution in [3.8, 4) is 22.3 Å². The summed E-state index contributed by atoms with van der Waals surface area (Å²) in [6, 6.07) is 80.4. The van der Waals surface area contributed by atoms with Crippen LogP contribution in [0.1, 0.15) is 73.4 Å². The van der Waals surface area contributed by atoms with Gasteiger partial charge in [0.2, 0.25) is 0 Å². The predicted octanol–water partition coefficient (Wildman–Crippen LogP) is 17.6. The standard InChI is InChI=1S/C66H53N/c1-4-44-37-43(2)38-47(39-44)65(3)61-29-17-15-27-56(61)58-35-32-49(41-63(58)65)67(48-31-34-55-53-25-12-11-23-51(53)52-24-13-14-26-54(52)60(55)40-48)50-33-36-59-57-28-16-18-30-62(57)66(64(59)42-50,45-19-7-5-8-20-45)46-21-9-6-10-22-46/h5-36,38,40-44H,4,37,39H2,1-3H3. The summed E-state index contributed by atoms with van der Waals surface area (Å²) in [4.78, 5) is 2.56. The van der Waals surface area contributed by atoms with Crippen molar-refractivity contribution in [3.63, 3.8) is 0 Å². The van der Waals surface area contributed by atoms with Crippen LogP contribution in [0, 0.1) is 11.8 Å². The topological polar surface area (TPSA) is 3.24 Å². The molecule has 0 N–H and O–H groups in total. The average Bonchev–Trinajstić information content (AvgIpc) is 3.83. The number of allylic oxidation sites excluding steroid dienone is 2. The largest absolute Gasteiger partial charge is 0.310 e. The molecule has 10 aromatic carbocycles. The Kier molecular flexibility index (Phi) is 9.10. The molecule has 0 aliphatic heterocycles. The quantitative estimate of drug-likeness (QED) is 0.114. The minimum Gasteiger partial charge on any atom is -0.310 e. The summed E-state index contributed by atoms with van der Waals surface area (Å²) >= 11 is 0. The molecule has 67 heavy (non-hydrogen) atoms. The second-order valence-corrected chi connectivity index (χ2v) is 19.7. The van der Waals surface area contributed by atoms with E-state index >= 15 is 0 Å². The fourth-order valence-corrected chi connectivity index (χ4v) is 13.1. The Hall–Kier alpha value is -7.48. The van der Waals surface area contributed by atoms with Crippen molar-refractivity contribution >= 4 is 49.4 Å². The van der Waals surface area contributed by atoms with Crippen LogP contribution in [0.4, 0.5) is 17.1 Å². The van der Waals surface area contributed by atoms with E-state index < -0.39 is 5.41 Å². The SMILES string of the molecule is CCC1CC(C2(C)c3ccccc3-c3ccc(N(c4ccc5c(c4)C(c4ccccc4)(c4ccccc4)c4ccccc4-5)c4ccc5c6ccccc6c6ccccc6c5c4)cc32)=CC(C)C1. The summed E-state index contributed by atoms with van der Waals surface area (Å²) in [5, 5.41) is 7.67. The van der Waals surface area contributed by atoms with Gasteiger partial charge in [-0.2, -0.15) is 0 Å². The third kappa shape index (κ3) is 5.80. The highest BCUT2D eigenvalue weighted by Gasteiger charge is 2.47. The molecule has 3 aliphatic carbocycles. The van der Waals surface area contributed by atoms with Crippen LogP contribution in [0.3, 0.4) is 0 Å². The van der Waals surface area contributed by atoms with Crippen molar-refractivity contribution in [1.82, 2.24) is 0 Å². The Bertz CT molecular complexity index is 3540. The Morgan fingerprint density at radius 3 is 1.49 bits per heavy atom. The van der Waals surface area contributed by atoms with Crippen molar-refractivity contribution in [2.24, 2.45) is 11.8 Å². The molecule has 0 fully saturated rings. The van der Waals surface area contributed by atoms with Crippen molar-refractivity contribution in [3.05, 3.63) is 257 Å². The van der Waals surface area contributed by atoms with Gasteiger partial charge in [0.1, 0.15) is 0 Å². The van der Waals surface area contributed by atoms with E-state index in [2.05, 4.69) is 244 Å². The summed E-state index contributed by atoms with van der Waals surface area (Å²) in [6.45, 7) is 7.33. The van der Waals surface area contributed by atoms with Crippen LogP contribution in [0.25, 0.3) is 54.6 Å². The summed E-state index contributed by atoms with van der Waals surface area (Å²) in [5.41, 5.74) is 17.5. The lowest BCUT2D eigenvalue weighted by Crippen LogP contribution is -2.29. The third-order valence-corrected chi connectivity index (χ3v) is 16.2. The molecule has 3 unspecified atom stereocenters. The first-order valence-electron chi connectivity index (χ1n) is 24.4. The van der Waals surface area contributed by atoms with E-state index in [0.29, 0.717) is 11.8 Å². The van der Waals surface area contributed by atoms with Gasteiger partial charge < -0.3 is 4.90 Å². The normalized spacial score (nSPS) is 18.9. The second kappa shape index (κ2) is 15.3. The van der Waals surface area contributed by atoms with Gasteiger partial charge >= 0.3 is 0 Å². The van der Waals surface area contributed by atoms with Crippen molar-refractivity contribution in [2.45, 2.75) is 50.9 Å². The lowest BCUT2D eigenvalue weighted by molar-refractivity contribution is 0.373. The summed E-state index contributed by atoms with van der Waals surface area (Å²) in [6.07, 6.45) is 6.24. The van der Waals surface area contributed by atoms with Gasteiger partial charge in [0.25, 0.3) is 0 Å². The van der Waals surface area contributed by atoms with Crippen LogP contribution < -0.4 is 4.90 Å². The molecule has 3 atom stereocenters. The van der Waals surface area contributed by atoms with E-state index in [0.717, 1.165) is 17.8 Å². The van der Waals surface area contributed by atoms with Crippen LogP contribution >= 0.6 is 0 Å². The van der Waals surface area contributed by atoms with Gasteiger partial charge in [-0.15, -0.1) is 0 Å². The number of rotatable bonds is 7. The average molecular weight is 860 g/mol. The van der Waals surface area contributed by atoms with Crippen molar-refractivity contribution in [2.75, 3.05) is 4.90 Å². The number of fused-ring (bicyclic) bond motifs is 12. The number of anilines is 3. The molecule has 13 rings (SSSR count). The van der Waals surface area contributed by atoms with Gasteiger partial charge in [0.05, 0.1) is 5.41 Å². The van der Waals surface area contributed by atoms with Crippen molar-refractivity contribution < 1.29 is 0 Å². The molecule has 0 bridgehead atoms. The molecular formula is C66H53N. The Balaban J connectivity index is 1.09. The second-order valence-electron chi connectivity index (χ2n) is 19.7. The smallest absolute Gasteiger partial charge is 0.0714 e. The minimum atomic E-state index is -0.521. The van der Waals surface area contributed by atoms with E-state index in [1.807, 2.05) is 0 Å². The first-order chi connectivity index (χ1) is 33.0. The van der Waals surface area contributed by atoms with Crippen LogP contribution in [0.15, 0.2) is 224 Å². The monoisotopic (exact) mass is 859 g/mol. The molecular weight excluding hydrogens is 807 g/mol. The Morgan fingerprint density at radius 2 is 0.881 bits per heavy atom. The van der Waals surface area contributed by atoms with Gasteiger partial charge in [-0.3, -0.25) is 0 Å². The van der Waals surface area contributed by atoms with Crippen LogP contribution in [0.2, 0.25) is 0 Å². The number of hydrogen-bond acceptors (Lipinski definition) is 1. The van der Waals surface area contributed by atoms with Gasteiger partial charge in [0, 0.05) is 22.5 Å². The molecule has 10 aromatic rings. The molecule has 0 radical (unpaired) electrons. The summed E-state index contributed by atoms with van der Waals surface area (Å²) in [7, 11) is 0. The maximum Gasteiger partial charge on any atom is 0.0714 e. The van der Waals surface area contributed by atoms with Crippen LogP contribution in [0.5, 0.6) is 0 Å². The zero-order valence-corrected chi connectivity index (χ0v) is 38.5. The van der Waals surface area contributed by atoms with Gasteiger partial charge in [-0.1, -0.05) is 208 Å². The lowest BCUT2D eigenvalue weighted by Gasteiger charge is -2.38. The van der Waals surface area contributed by atoms with E-state index in [4.69, 9.17) is 0 Å². The van der Waals surface area contributed by atoms with Gasteiger partial charge in [-0.25, -0.2) is 0 Å². The molecule has 3 aliphatic rings. The highest BCUT2D eigenvalue weighted by Crippen LogP contribution is 2.59. The highest BCUT2D eigenvalue weighted by atomic mass is 15.1. The van der Waals surface area contributed by atoms with Crippen LogP contribution in [-0.2, 0) is 10.8 Å². The molecule has 0 spiro atoms. The number of hydrogen-bond donors (Lipinski definition) is 0. The molecule has 1 nitrogen and oxygen atoms in total. The molecule has 1 heteroatoms. The molecule has 0 aromatic heterocycles. The van der Waals surface area contributed by atoms with E-state index in [1.54, 1.807) is 5.57 Å². The Morgan fingerprint density at radius 1 is 0.433 bits per heavy atom. The molecule has 322 valence electrons. The first-order valence-corrected chi connectivity index (χ1v) is 24.4. The zero-order valence-electron chi connectivity index (χ0n) is 38.5. The fourth-order valence-electron chi connectivity index (χ4n) is 13.1. The summed E-state index contributed by atoms with van der Waals surface area (Å²) in [5.74, 6) is 1.24. The minimum absolute atomic E-state index is 0.246. The van der Waals surface area contributed by atoms with E-state index in [-0.39, 0.29) is 5.41 Å². The molecule has 0 saturated carbocycles. The number of nitrogens with zero attached hydrogens (tertiary/aromatic N) is 1. The zero-order chi connectivity index (χ0) is 44.9. The Labute approximate surface area is 394 Å². The molecule has 0 amide bonds. The van der Waals surface area contributed by atoms with E-state index in [1.165, 1.54) is 106 Å². The maximum atomic E-state index is 2.63. The predicted molar refractivity (Wildman–Crippen MR) is 283 cm³/mol. The highest BCUT2D eigenvalue weighted by molar-refractivity contribution is 6.25. The number of benzene rings is 10. The fraction of sp³-hybridized carbons (Fsp3) is 0.152. The van der Waals surface area contributed by atoms with Gasteiger partial charge in [-0.05, 0) is 156 Å². The molecule has 0 saturated heterocycles. The lowest BCUT2D eigenvalue weighted by atomic mass is 9.66. The summed E-state index contributed by atoms with van der Waals surface area (Å²) < 4.78 is 0. The third-order valence-electron chi connectivity index (χ3n) is 16.2. The first kappa shape index (κ1) is 39.8. The molecule has 0 heterocycles.